The average molecular weight is 247 g/mol. The number of aromatic nitrogens is 3. The number of nitrogen functional groups attached to an aromatic ring is 1. The lowest BCUT2D eigenvalue weighted by Gasteiger charge is -2.08. The van der Waals surface area contributed by atoms with Crippen molar-refractivity contribution in [3.05, 3.63) is 42.9 Å². The molecule has 0 spiro atoms. The number of benzene rings is 1. The van der Waals surface area contributed by atoms with Gasteiger partial charge in [0.1, 0.15) is 25.8 Å². The number of nitrogens with two attached hydrogens (primary N) is 1. The SMILES string of the molecule is [B]c1cccc(Nc2ncnc3cc(N)ncc23)c1. The van der Waals surface area contributed by atoms with Gasteiger partial charge in [-0.1, -0.05) is 17.6 Å². The molecule has 0 amide bonds. The maximum Gasteiger partial charge on any atom is 0.143 e. The third-order valence-electron chi connectivity index (χ3n) is 2.69. The van der Waals surface area contributed by atoms with Gasteiger partial charge < -0.3 is 11.1 Å². The number of rotatable bonds is 2. The highest BCUT2D eigenvalue weighted by molar-refractivity contribution is 6.32. The van der Waals surface area contributed by atoms with Crippen LogP contribution in [-0.2, 0) is 0 Å². The van der Waals surface area contributed by atoms with E-state index in [1.807, 2.05) is 24.3 Å². The van der Waals surface area contributed by atoms with Crippen molar-refractivity contribution in [2.45, 2.75) is 0 Å². The highest BCUT2D eigenvalue weighted by Gasteiger charge is 2.05. The second kappa shape index (κ2) is 4.57. The molecule has 1 aromatic carbocycles. The third-order valence-corrected chi connectivity index (χ3v) is 2.69. The Bertz CT molecular complexity index is 744. The molecule has 5 nitrogen and oxygen atoms in total. The van der Waals surface area contributed by atoms with Crippen LogP contribution < -0.4 is 16.5 Å². The summed E-state index contributed by atoms with van der Waals surface area (Å²) in [4.78, 5) is 12.4. The molecule has 3 aromatic rings. The topological polar surface area (TPSA) is 76.7 Å². The molecule has 3 N–H and O–H groups in total. The second-order valence-electron chi connectivity index (χ2n) is 4.10. The highest BCUT2D eigenvalue weighted by atomic mass is 15.0. The zero-order chi connectivity index (χ0) is 13.2. The van der Waals surface area contributed by atoms with Gasteiger partial charge in [-0.15, -0.1) is 0 Å². The first kappa shape index (κ1) is 11.5. The van der Waals surface area contributed by atoms with Crippen molar-refractivity contribution in [3.8, 4) is 0 Å². The predicted molar refractivity (Wildman–Crippen MR) is 76.9 cm³/mol. The number of hydrogen-bond acceptors (Lipinski definition) is 5. The van der Waals surface area contributed by atoms with Gasteiger partial charge in [-0.05, 0) is 12.1 Å². The van der Waals surface area contributed by atoms with Crippen molar-refractivity contribution in [2.24, 2.45) is 0 Å². The van der Waals surface area contributed by atoms with Gasteiger partial charge in [0.05, 0.1) is 10.9 Å². The Balaban J connectivity index is 2.06. The molecule has 2 aromatic heterocycles. The van der Waals surface area contributed by atoms with E-state index in [1.165, 1.54) is 6.33 Å². The molecule has 0 saturated carbocycles. The molecule has 0 bridgehead atoms. The summed E-state index contributed by atoms with van der Waals surface area (Å²) in [6.45, 7) is 0. The van der Waals surface area contributed by atoms with Gasteiger partial charge in [0.2, 0.25) is 0 Å². The lowest BCUT2D eigenvalue weighted by atomic mass is 9.96. The van der Waals surface area contributed by atoms with Crippen LogP contribution >= 0.6 is 0 Å². The zero-order valence-corrected chi connectivity index (χ0v) is 10.0. The molecule has 0 aliphatic carbocycles. The summed E-state index contributed by atoms with van der Waals surface area (Å²) < 4.78 is 0. The molecule has 6 heteroatoms. The molecule has 90 valence electrons. The van der Waals surface area contributed by atoms with E-state index in [1.54, 1.807) is 12.3 Å². The standard InChI is InChI=1S/C13H10BN5/c14-8-2-1-3-9(4-8)19-13-10-6-16-12(15)5-11(10)17-7-18-13/h1-7H,(H2,15,16)(H,17,18,19). The van der Waals surface area contributed by atoms with E-state index >= 15 is 0 Å². The van der Waals surface area contributed by atoms with Crippen LogP contribution in [-0.4, -0.2) is 22.8 Å². The predicted octanol–water partition coefficient (Wildman–Crippen LogP) is 1.14. The lowest BCUT2D eigenvalue weighted by Crippen LogP contribution is -2.03. The molecule has 0 atom stereocenters. The minimum atomic E-state index is 0.432. The van der Waals surface area contributed by atoms with Crippen LogP contribution in [0, 0.1) is 0 Å². The minimum absolute atomic E-state index is 0.432. The van der Waals surface area contributed by atoms with Gasteiger partial charge in [-0.3, -0.25) is 0 Å². The fraction of sp³-hybridized carbons (Fsp3) is 0. The molecular weight excluding hydrogens is 237 g/mol. The maximum atomic E-state index is 5.74. The van der Waals surface area contributed by atoms with Crippen molar-refractivity contribution in [1.82, 2.24) is 15.0 Å². The first-order valence-corrected chi connectivity index (χ1v) is 5.71. The summed E-state index contributed by atoms with van der Waals surface area (Å²) in [5.74, 6) is 1.10. The number of fused-ring (bicyclic) bond motifs is 1. The summed E-state index contributed by atoms with van der Waals surface area (Å²) in [7, 11) is 5.74. The van der Waals surface area contributed by atoms with E-state index < -0.39 is 0 Å². The van der Waals surface area contributed by atoms with E-state index in [9.17, 15) is 0 Å². The van der Waals surface area contributed by atoms with Crippen LogP contribution in [0.2, 0.25) is 0 Å². The lowest BCUT2D eigenvalue weighted by molar-refractivity contribution is 1.21. The number of hydrogen-bond donors (Lipinski definition) is 2. The second-order valence-corrected chi connectivity index (χ2v) is 4.10. The van der Waals surface area contributed by atoms with E-state index in [0.29, 0.717) is 17.1 Å². The van der Waals surface area contributed by atoms with Crippen molar-refractivity contribution >= 4 is 41.5 Å². The molecule has 0 fully saturated rings. The Morgan fingerprint density at radius 2 is 2.00 bits per heavy atom. The highest BCUT2D eigenvalue weighted by Crippen LogP contribution is 2.22. The molecule has 2 radical (unpaired) electrons. The number of nitrogens with zero attached hydrogens (tertiary/aromatic N) is 3. The maximum absolute atomic E-state index is 5.74. The summed E-state index contributed by atoms with van der Waals surface area (Å²) in [5.41, 5.74) is 7.93. The van der Waals surface area contributed by atoms with Crippen molar-refractivity contribution in [1.29, 1.82) is 0 Å². The van der Waals surface area contributed by atoms with E-state index in [4.69, 9.17) is 13.6 Å². The molecule has 2 heterocycles. The molecule has 3 rings (SSSR count). The van der Waals surface area contributed by atoms with Gasteiger partial charge in [-0.2, -0.15) is 0 Å². The summed E-state index contributed by atoms with van der Waals surface area (Å²) in [5, 5.41) is 4.00. The van der Waals surface area contributed by atoms with Crippen molar-refractivity contribution < 1.29 is 0 Å². The average Bonchev–Trinajstić information content (AvgIpc) is 2.38. The summed E-state index contributed by atoms with van der Waals surface area (Å²) in [6.07, 6.45) is 3.13. The quantitative estimate of drug-likeness (QED) is 0.664. The smallest absolute Gasteiger partial charge is 0.143 e. The monoisotopic (exact) mass is 247 g/mol. The zero-order valence-electron chi connectivity index (χ0n) is 10.0. The first-order chi connectivity index (χ1) is 9.22. The molecule has 19 heavy (non-hydrogen) atoms. The molecule has 0 aliphatic heterocycles. The van der Waals surface area contributed by atoms with Crippen LogP contribution in [0.4, 0.5) is 17.3 Å². The fourth-order valence-electron chi connectivity index (χ4n) is 1.82. The van der Waals surface area contributed by atoms with Crippen molar-refractivity contribution in [2.75, 3.05) is 11.1 Å². The van der Waals surface area contributed by atoms with E-state index in [0.717, 1.165) is 16.6 Å². The Morgan fingerprint density at radius 1 is 1.11 bits per heavy atom. The molecule has 0 saturated heterocycles. The van der Waals surface area contributed by atoms with Gasteiger partial charge in [-0.25, -0.2) is 15.0 Å². The minimum Gasteiger partial charge on any atom is -0.384 e. The van der Waals surface area contributed by atoms with Crippen LogP contribution in [0.25, 0.3) is 10.9 Å². The van der Waals surface area contributed by atoms with Crippen LogP contribution in [0.1, 0.15) is 0 Å². The number of nitrogens with one attached hydrogen (secondary N) is 1. The molecular formula is C13H10BN5. The molecule has 0 unspecified atom stereocenters. The van der Waals surface area contributed by atoms with Gasteiger partial charge in [0, 0.05) is 18.0 Å². The van der Waals surface area contributed by atoms with Gasteiger partial charge in [0.15, 0.2) is 0 Å². The third kappa shape index (κ3) is 2.33. The fourth-order valence-corrected chi connectivity index (χ4v) is 1.82. The van der Waals surface area contributed by atoms with Crippen LogP contribution in [0.5, 0.6) is 0 Å². The normalized spacial score (nSPS) is 10.5. The van der Waals surface area contributed by atoms with Gasteiger partial charge >= 0.3 is 0 Å². The Labute approximate surface area is 111 Å². The largest absolute Gasteiger partial charge is 0.384 e. The van der Waals surface area contributed by atoms with Crippen LogP contribution in [0.15, 0.2) is 42.9 Å². The van der Waals surface area contributed by atoms with E-state index in [-0.39, 0.29) is 0 Å². The Hall–Kier alpha value is -2.63. The van der Waals surface area contributed by atoms with Gasteiger partial charge in [0.25, 0.3) is 0 Å². The van der Waals surface area contributed by atoms with Crippen molar-refractivity contribution in [3.63, 3.8) is 0 Å². The van der Waals surface area contributed by atoms with Crippen LogP contribution in [0.3, 0.4) is 0 Å². The molecule has 0 aliphatic rings. The Kier molecular flexibility index (Phi) is 2.76. The number of pyridine rings is 1. The first-order valence-electron chi connectivity index (χ1n) is 5.71. The number of anilines is 3. The Morgan fingerprint density at radius 3 is 2.84 bits per heavy atom. The summed E-state index contributed by atoms with van der Waals surface area (Å²) in [6, 6.07) is 9.15. The summed E-state index contributed by atoms with van der Waals surface area (Å²) >= 11 is 0. The van der Waals surface area contributed by atoms with E-state index in [2.05, 4.69) is 20.3 Å².